The number of anilines is 2. The Bertz CT molecular complexity index is 760. The Morgan fingerprint density at radius 3 is 2.61 bits per heavy atom. The molecule has 1 heterocycles. The van der Waals surface area contributed by atoms with E-state index in [1.807, 2.05) is 0 Å². The Labute approximate surface area is 147 Å². The molecule has 0 aliphatic rings. The fraction of sp³-hybridized carbons (Fsp3) is 0.133. The van der Waals surface area contributed by atoms with Gasteiger partial charge in [-0.1, -0.05) is 6.07 Å². The van der Waals surface area contributed by atoms with Gasteiger partial charge < -0.3 is 14.6 Å². The molecule has 0 unspecified atom stereocenters. The van der Waals surface area contributed by atoms with Crippen LogP contribution in [-0.4, -0.2) is 24.0 Å². The smallest absolute Gasteiger partial charge is 0.293 e. The molecule has 0 fully saturated rings. The Balaban J connectivity index is 2.01. The first-order chi connectivity index (χ1) is 10.9. The topological polar surface area (TPSA) is 74.6 Å². The van der Waals surface area contributed by atoms with Gasteiger partial charge in [-0.15, -0.1) is 0 Å². The summed E-state index contributed by atoms with van der Waals surface area (Å²) in [4.78, 5) is 24.8. The van der Waals surface area contributed by atoms with E-state index in [4.69, 9.17) is 16.6 Å². The third-order valence-electron chi connectivity index (χ3n) is 2.99. The number of nitrogens with zero attached hydrogens (tertiary/aromatic N) is 1. The number of benzene rings is 1. The van der Waals surface area contributed by atoms with E-state index >= 15 is 0 Å². The SMILES string of the molecule is CC(=O)N(C)c1cccc(NC(=S)NC(=O)c2ccc(Br)o2)c1. The lowest BCUT2D eigenvalue weighted by Crippen LogP contribution is -2.34. The Morgan fingerprint density at radius 2 is 2.00 bits per heavy atom. The van der Waals surface area contributed by atoms with Crippen LogP contribution in [0.4, 0.5) is 11.4 Å². The number of carbonyl (C=O) groups is 2. The van der Waals surface area contributed by atoms with Crippen molar-refractivity contribution in [2.75, 3.05) is 17.3 Å². The molecule has 1 aromatic heterocycles. The molecule has 0 aliphatic carbocycles. The highest BCUT2D eigenvalue weighted by Crippen LogP contribution is 2.18. The van der Waals surface area contributed by atoms with Gasteiger partial charge in [0.15, 0.2) is 15.5 Å². The van der Waals surface area contributed by atoms with Crippen molar-refractivity contribution in [2.45, 2.75) is 6.92 Å². The van der Waals surface area contributed by atoms with E-state index in [1.54, 1.807) is 37.4 Å². The molecule has 0 aliphatic heterocycles. The van der Waals surface area contributed by atoms with Crippen LogP contribution in [0.2, 0.25) is 0 Å². The molecule has 8 heteroatoms. The molecule has 0 spiro atoms. The summed E-state index contributed by atoms with van der Waals surface area (Å²) in [6.45, 7) is 1.48. The van der Waals surface area contributed by atoms with E-state index < -0.39 is 5.91 Å². The first-order valence-electron chi connectivity index (χ1n) is 6.59. The molecule has 2 amide bonds. The van der Waals surface area contributed by atoms with Gasteiger partial charge in [0, 0.05) is 25.3 Å². The van der Waals surface area contributed by atoms with Crippen molar-refractivity contribution in [3.05, 3.63) is 46.8 Å². The highest BCUT2D eigenvalue weighted by atomic mass is 79.9. The molecule has 2 aromatic rings. The van der Waals surface area contributed by atoms with E-state index in [1.165, 1.54) is 17.9 Å². The molecule has 0 saturated carbocycles. The molecule has 0 atom stereocenters. The summed E-state index contributed by atoms with van der Waals surface area (Å²) in [5, 5.41) is 5.54. The van der Waals surface area contributed by atoms with Crippen LogP contribution >= 0.6 is 28.1 Å². The number of amides is 2. The van der Waals surface area contributed by atoms with Gasteiger partial charge in [0.2, 0.25) is 5.91 Å². The van der Waals surface area contributed by atoms with Crippen molar-refractivity contribution in [3.63, 3.8) is 0 Å². The normalized spacial score (nSPS) is 10.0. The third-order valence-corrected chi connectivity index (χ3v) is 3.62. The van der Waals surface area contributed by atoms with Gasteiger partial charge in [0.05, 0.1) is 0 Å². The minimum atomic E-state index is -0.454. The summed E-state index contributed by atoms with van der Waals surface area (Å²) in [5.74, 6) is -0.391. The van der Waals surface area contributed by atoms with Gasteiger partial charge in [-0.2, -0.15) is 0 Å². The Kier molecular flexibility index (Phi) is 5.51. The van der Waals surface area contributed by atoms with Gasteiger partial charge in [0.1, 0.15) is 0 Å². The third kappa shape index (κ3) is 4.64. The number of hydrogen-bond acceptors (Lipinski definition) is 4. The van der Waals surface area contributed by atoms with E-state index in [9.17, 15) is 9.59 Å². The van der Waals surface area contributed by atoms with Crippen molar-refractivity contribution >= 4 is 56.4 Å². The van der Waals surface area contributed by atoms with Crippen LogP contribution in [0.15, 0.2) is 45.5 Å². The summed E-state index contributed by atoms with van der Waals surface area (Å²) >= 11 is 8.23. The van der Waals surface area contributed by atoms with Crippen molar-refractivity contribution in [3.8, 4) is 0 Å². The van der Waals surface area contributed by atoms with Crippen LogP contribution in [0, 0.1) is 0 Å². The number of hydrogen-bond donors (Lipinski definition) is 2. The number of rotatable bonds is 3. The van der Waals surface area contributed by atoms with Gasteiger partial charge in [-0.05, 0) is 58.5 Å². The lowest BCUT2D eigenvalue weighted by molar-refractivity contribution is -0.116. The number of furan rings is 1. The number of carbonyl (C=O) groups excluding carboxylic acids is 2. The highest BCUT2D eigenvalue weighted by Gasteiger charge is 2.12. The molecule has 6 nitrogen and oxygen atoms in total. The predicted molar refractivity (Wildman–Crippen MR) is 95.6 cm³/mol. The van der Waals surface area contributed by atoms with Crippen molar-refractivity contribution < 1.29 is 14.0 Å². The second-order valence-corrected chi connectivity index (χ2v) is 5.83. The van der Waals surface area contributed by atoms with Crippen molar-refractivity contribution in [1.82, 2.24) is 5.32 Å². The van der Waals surface area contributed by atoms with Gasteiger partial charge in [-0.3, -0.25) is 14.9 Å². The standard InChI is InChI=1S/C15H14BrN3O3S/c1-9(20)19(2)11-5-3-4-10(8-11)17-15(23)18-14(21)12-6-7-13(16)22-12/h3-8H,1-2H3,(H2,17,18,21,23). The maximum atomic E-state index is 11.9. The zero-order chi connectivity index (χ0) is 17.0. The minimum absolute atomic E-state index is 0.0820. The zero-order valence-corrected chi connectivity index (χ0v) is 14.8. The van der Waals surface area contributed by atoms with Crippen molar-refractivity contribution in [2.24, 2.45) is 0 Å². The van der Waals surface area contributed by atoms with Crippen LogP contribution in [0.25, 0.3) is 0 Å². The molecule has 120 valence electrons. The molecule has 0 radical (unpaired) electrons. The Hall–Kier alpha value is -2.19. The molecule has 23 heavy (non-hydrogen) atoms. The van der Waals surface area contributed by atoms with E-state index in [0.29, 0.717) is 16.0 Å². The molecule has 1 aromatic carbocycles. The summed E-state index contributed by atoms with van der Waals surface area (Å²) in [5.41, 5.74) is 1.37. The predicted octanol–water partition coefficient (Wildman–Crippen LogP) is 3.15. The molecule has 0 saturated heterocycles. The van der Waals surface area contributed by atoms with Crippen LogP contribution < -0.4 is 15.5 Å². The number of thiocarbonyl (C=S) groups is 1. The van der Waals surface area contributed by atoms with Crippen LogP contribution in [0.1, 0.15) is 17.5 Å². The van der Waals surface area contributed by atoms with E-state index in [2.05, 4.69) is 26.6 Å². The molecular formula is C15H14BrN3O3S. The second-order valence-electron chi connectivity index (χ2n) is 4.64. The second kappa shape index (κ2) is 7.38. The summed E-state index contributed by atoms with van der Waals surface area (Å²) in [6, 6.07) is 10.3. The first-order valence-corrected chi connectivity index (χ1v) is 7.79. The van der Waals surface area contributed by atoms with Crippen LogP contribution in [-0.2, 0) is 4.79 Å². The van der Waals surface area contributed by atoms with Gasteiger partial charge in [0.25, 0.3) is 5.91 Å². The van der Waals surface area contributed by atoms with Crippen molar-refractivity contribution in [1.29, 1.82) is 0 Å². The molecule has 2 N–H and O–H groups in total. The first kappa shape index (κ1) is 17.2. The fourth-order valence-corrected chi connectivity index (χ4v) is 2.25. The summed E-state index contributed by atoms with van der Waals surface area (Å²) in [6.07, 6.45) is 0. The van der Waals surface area contributed by atoms with Crippen LogP contribution in [0.3, 0.4) is 0 Å². The molecule has 2 rings (SSSR count). The molecular weight excluding hydrogens is 382 g/mol. The zero-order valence-electron chi connectivity index (χ0n) is 12.4. The highest BCUT2D eigenvalue weighted by molar-refractivity contribution is 9.10. The number of halogens is 1. The van der Waals surface area contributed by atoms with E-state index in [0.717, 1.165) is 0 Å². The molecule has 0 bridgehead atoms. The Morgan fingerprint density at radius 1 is 1.26 bits per heavy atom. The quantitative estimate of drug-likeness (QED) is 0.780. The monoisotopic (exact) mass is 395 g/mol. The fourth-order valence-electron chi connectivity index (χ4n) is 1.74. The summed E-state index contributed by atoms with van der Waals surface area (Å²) < 4.78 is 5.61. The average Bonchev–Trinajstić information content (AvgIpc) is 2.93. The maximum Gasteiger partial charge on any atom is 0.293 e. The minimum Gasteiger partial charge on any atom is -0.444 e. The maximum absolute atomic E-state index is 11.9. The van der Waals surface area contributed by atoms with Gasteiger partial charge in [-0.25, -0.2) is 0 Å². The average molecular weight is 396 g/mol. The largest absolute Gasteiger partial charge is 0.444 e. The van der Waals surface area contributed by atoms with E-state index in [-0.39, 0.29) is 16.8 Å². The van der Waals surface area contributed by atoms with Gasteiger partial charge >= 0.3 is 0 Å². The lowest BCUT2D eigenvalue weighted by Gasteiger charge is -2.16. The number of nitrogens with one attached hydrogen (secondary N) is 2. The summed E-state index contributed by atoms with van der Waals surface area (Å²) in [7, 11) is 1.68. The lowest BCUT2D eigenvalue weighted by atomic mass is 10.2. The van der Waals surface area contributed by atoms with Crippen LogP contribution in [0.5, 0.6) is 0 Å².